The maximum absolute atomic E-state index is 11.8. The van der Waals surface area contributed by atoms with Crippen LogP contribution in [0.25, 0.3) is 0 Å². The van der Waals surface area contributed by atoms with E-state index in [2.05, 4.69) is 0 Å². The van der Waals surface area contributed by atoms with Crippen molar-refractivity contribution in [2.45, 2.75) is 34.1 Å². The maximum atomic E-state index is 11.8. The monoisotopic (exact) mass is 227 g/mol. The number of nitrogens with zero attached hydrogens (tertiary/aromatic N) is 1. The number of carbonyl (C=O) groups is 2. The Hall–Kier alpha value is -1.06. The van der Waals surface area contributed by atoms with Gasteiger partial charge in [-0.25, -0.2) is 0 Å². The topological polar surface area (TPSA) is 57.6 Å². The molecule has 0 radical (unpaired) electrons. The molecule has 1 aliphatic rings. The summed E-state index contributed by atoms with van der Waals surface area (Å²) in [7, 11) is 0. The van der Waals surface area contributed by atoms with E-state index in [1.165, 1.54) is 0 Å². The minimum Gasteiger partial charge on any atom is -0.481 e. The summed E-state index contributed by atoms with van der Waals surface area (Å²) in [5.74, 6) is -0.852. The van der Waals surface area contributed by atoms with Gasteiger partial charge in [0.25, 0.3) is 0 Å². The van der Waals surface area contributed by atoms with Crippen LogP contribution < -0.4 is 0 Å². The van der Waals surface area contributed by atoms with Crippen LogP contribution in [-0.4, -0.2) is 35.0 Å². The largest absolute Gasteiger partial charge is 0.481 e. The Balaban J connectivity index is 2.36. The summed E-state index contributed by atoms with van der Waals surface area (Å²) in [4.78, 5) is 24.3. The lowest BCUT2D eigenvalue weighted by Crippen LogP contribution is -2.54. The molecule has 0 aromatic carbocycles. The van der Waals surface area contributed by atoms with Crippen LogP contribution in [0.2, 0.25) is 0 Å². The van der Waals surface area contributed by atoms with Gasteiger partial charge in [-0.1, -0.05) is 27.7 Å². The highest BCUT2D eigenvalue weighted by molar-refractivity contribution is 5.78. The van der Waals surface area contributed by atoms with Gasteiger partial charge in [-0.05, 0) is 5.41 Å². The Morgan fingerprint density at radius 2 is 1.88 bits per heavy atom. The summed E-state index contributed by atoms with van der Waals surface area (Å²) >= 11 is 0. The summed E-state index contributed by atoms with van der Waals surface area (Å²) in [6.45, 7) is 9.00. The van der Waals surface area contributed by atoms with Crippen molar-refractivity contribution in [2.75, 3.05) is 13.1 Å². The van der Waals surface area contributed by atoms with Crippen LogP contribution >= 0.6 is 0 Å². The highest BCUT2D eigenvalue weighted by atomic mass is 16.4. The molecule has 1 unspecified atom stereocenters. The minimum atomic E-state index is -0.770. The van der Waals surface area contributed by atoms with Crippen LogP contribution in [0.4, 0.5) is 0 Å². The zero-order chi connectivity index (χ0) is 12.5. The molecule has 0 aromatic rings. The average Bonchev–Trinajstić information content (AvgIpc) is 1.96. The minimum absolute atomic E-state index is 0.000579. The number of hydrogen-bond donors (Lipinski definition) is 1. The van der Waals surface area contributed by atoms with Gasteiger partial charge in [0.15, 0.2) is 0 Å². The van der Waals surface area contributed by atoms with Crippen LogP contribution in [0.3, 0.4) is 0 Å². The summed E-state index contributed by atoms with van der Waals surface area (Å²) < 4.78 is 0. The van der Waals surface area contributed by atoms with Crippen molar-refractivity contribution in [2.24, 2.45) is 17.3 Å². The fourth-order valence-corrected chi connectivity index (χ4v) is 1.80. The molecule has 1 aliphatic heterocycles. The number of rotatable bonds is 3. The molecular weight excluding hydrogens is 206 g/mol. The van der Waals surface area contributed by atoms with E-state index in [4.69, 9.17) is 5.11 Å². The van der Waals surface area contributed by atoms with Gasteiger partial charge >= 0.3 is 5.97 Å². The molecule has 1 N–H and O–H groups in total. The van der Waals surface area contributed by atoms with Crippen molar-refractivity contribution < 1.29 is 14.7 Å². The van der Waals surface area contributed by atoms with E-state index in [-0.39, 0.29) is 23.2 Å². The van der Waals surface area contributed by atoms with Crippen molar-refractivity contribution in [3.05, 3.63) is 0 Å². The third kappa shape index (κ3) is 3.22. The Labute approximate surface area is 96.6 Å². The number of carboxylic acids is 1. The Morgan fingerprint density at radius 1 is 1.38 bits per heavy atom. The zero-order valence-corrected chi connectivity index (χ0v) is 10.5. The molecule has 1 fully saturated rings. The van der Waals surface area contributed by atoms with E-state index in [1.54, 1.807) is 11.8 Å². The maximum Gasteiger partial charge on any atom is 0.306 e. The molecule has 4 nitrogen and oxygen atoms in total. The number of likely N-dealkylation sites (tertiary alicyclic amines) is 1. The Kier molecular flexibility index (Phi) is 3.61. The zero-order valence-electron chi connectivity index (χ0n) is 10.5. The molecule has 0 saturated carbocycles. The summed E-state index contributed by atoms with van der Waals surface area (Å²) in [5.41, 5.74) is 0.000579. The van der Waals surface area contributed by atoms with Gasteiger partial charge < -0.3 is 10.0 Å². The molecule has 1 rings (SSSR count). The van der Waals surface area contributed by atoms with Gasteiger partial charge in [0, 0.05) is 25.4 Å². The second-order valence-corrected chi connectivity index (χ2v) is 5.92. The van der Waals surface area contributed by atoms with Crippen LogP contribution in [0.15, 0.2) is 0 Å². The van der Waals surface area contributed by atoms with Gasteiger partial charge in [0.1, 0.15) is 0 Å². The number of carboxylic acid groups (broad SMARTS) is 1. The van der Waals surface area contributed by atoms with Crippen molar-refractivity contribution >= 4 is 11.9 Å². The number of aliphatic carboxylic acids is 1. The first-order valence-electron chi connectivity index (χ1n) is 5.71. The van der Waals surface area contributed by atoms with E-state index < -0.39 is 5.97 Å². The molecular formula is C12H21NO3. The van der Waals surface area contributed by atoms with E-state index in [1.807, 2.05) is 20.8 Å². The SMILES string of the molecule is CC(C(=O)O)C1CN(C(=O)CC(C)(C)C)C1. The molecule has 1 amide bonds. The normalized spacial score (nSPS) is 19.1. The van der Waals surface area contributed by atoms with Gasteiger partial charge in [-0.3, -0.25) is 9.59 Å². The molecule has 1 saturated heterocycles. The third-order valence-corrected chi connectivity index (χ3v) is 3.04. The summed E-state index contributed by atoms with van der Waals surface area (Å²) in [6.07, 6.45) is 0.529. The quantitative estimate of drug-likeness (QED) is 0.796. The molecule has 0 aromatic heterocycles. The van der Waals surface area contributed by atoms with Crippen molar-refractivity contribution in [1.82, 2.24) is 4.90 Å². The fourth-order valence-electron chi connectivity index (χ4n) is 1.80. The lowest BCUT2D eigenvalue weighted by Gasteiger charge is -2.42. The van der Waals surface area contributed by atoms with Crippen molar-refractivity contribution in [3.63, 3.8) is 0 Å². The molecule has 1 atom stereocenters. The number of amides is 1. The number of carbonyl (C=O) groups excluding carboxylic acids is 1. The average molecular weight is 227 g/mol. The molecule has 0 spiro atoms. The molecule has 4 heteroatoms. The third-order valence-electron chi connectivity index (χ3n) is 3.04. The highest BCUT2D eigenvalue weighted by Crippen LogP contribution is 2.27. The van der Waals surface area contributed by atoms with Crippen molar-refractivity contribution in [1.29, 1.82) is 0 Å². The van der Waals surface area contributed by atoms with Crippen LogP contribution in [-0.2, 0) is 9.59 Å². The Morgan fingerprint density at radius 3 is 2.25 bits per heavy atom. The smallest absolute Gasteiger partial charge is 0.306 e. The lowest BCUT2D eigenvalue weighted by atomic mass is 9.85. The predicted molar refractivity (Wildman–Crippen MR) is 60.9 cm³/mol. The van der Waals surface area contributed by atoms with E-state index in [0.29, 0.717) is 19.5 Å². The van der Waals surface area contributed by atoms with Crippen LogP contribution in [0.1, 0.15) is 34.1 Å². The van der Waals surface area contributed by atoms with Gasteiger partial charge in [0.2, 0.25) is 5.91 Å². The first-order chi connectivity index (χ1) is 7.20. The second-order valence-electron chi connectivity index (χ2n) is 5.92. The molecule has 0 aliphatic carbocycles. The lowest BCUT2D eigenvalue weighted by molar-refractivity contribution is -0.151. The molecule has 0 bridgehead atoms. The fraction of sp³-hybridized carbons (Fsp3) is 0.833. The van der Waals surface area contributed by atoms with Crippen LogP contribution in [0, 0.1) is 17.3 Å². The second kappa shape index (κ2) is 4.44. The first-order valence-corrected chi connectivity index (χ1v) is 5.71. The standard InChI is InChI=1S/C12H21NO3/c1-8(11(15)16)9-6-13(7-9)10(14)5-12(2,3)4/h8-9H,5-7H2,1-4H3,(H,15,16). The van der Waals surface area contributed by atoms with Gasteiger partial charge in [-0.2, -0.15) is 0 Å². The van der Waals surface area contributed by atoms with E-state index in [0.717, 1.165) is 0 Å². The van der Waals surface area contributed by atoms with E-state index >= 15 is 0 Å². The van der Waals surface area contributed by atoms with Gasteiger partial charge in [0.05, 0.1) is 5.92 Å². The first kappa shape index (κ1) is 13.0. The summed E-state index contributed by atoms with van der Waals surface area (Å²) in [5, 5.41) is 8.83. The van der Waals surface area contributed by atoms with Crippen LogP contribution in [0.5, 0.6) is 0 Å². The van der Waals surface area contributed by atoms with E-state index in [9.17, 15) is 9.59 Å². The highest BCUT2D eigenvalue weighted by Gasteiger charge is 2.37. The van der Waals surface area contributed by atoms with Gasteiger partial charge in [-0.15, -0.1) is 0 Å². The molecule has 1 heterocycles. The number of hydrogen-bond acceptors (Lipinski definition) is 2. The van der Waals surface area contributed by atoms with Crippen molar-refractivity contribution in [3.8, 4) is 0 Å². The summed E-state index contributed by atoms with van der Waals surface area (Å²) in [6, 6.07) is 0. The molecule has 16 heavy (non-hydrogen) atoms. The molecule has 92 valence electrons. The Bertz CT molecular complexity index is 287. The predicted octanol–water partition coefficient (Wildman–Crippen LogP) is 1.60.